The number of hydrogen-bond donors (Lipinski definition) is 0. The first-order chi connectivity index (χ1) is 10.1. The highest BCUT2D eigenvalue weighted by Crippen LogP contribution is 2.15. The van der Waals surface area contributed by atoms with E-state index in [-0.39, 0.29) is 5.91 Å². The number of carbonyl (C=O) groups excluding carboxylic acids is 1. The molecule has 0 fully saturated rings. The number of hydrogen-bond acceptors (Lipinski definition) is 3. The molecule has 0 radical (unpaired) electrons. The molecule has 1 amide bonds. The molecule has 0 saturated heterocycles. The lowest BCUT2D eigenvalue weighted by molar-refractivity contribution is 0.0666. The van der Waals surface area contributed by atoms with E-state index in [4.69, 9.17) is 20.8 Å². The van der Waals surface area contributed by atoms with E-state index in [0.717, 1.165) is 11.5 Å². The lowest BCUT2D eigenvalue weighted by Gasteiger charge is -2.21. The van der Waals surface area contributed by atoms with Crippen LogP contribution in [0.25, 0.3) is 0 Å². The SMILES string of the molecule is COCCN(Cc1ccc(C)o1)C(=O)c1ccc(Cl)cc1. The number of nitrogens with zero attached hydrogens (tertiary/aromatic N) is 1. The molecule has 4 nitrogen and oxygen atoms in total. The van der Waals surface area contributed by atoms with Gasteiger partial charge >= 0.3 is 0 Å². The Morgan fingerprint density at radius 1 is 1.24 bits per heavy atom. The zero-order valence-electron chi connectivity index (χ0n) is 12.1. The second kappa shape index (κ2) is 7.29. The van der Waals surface area contributed by atoms with Crippen LogP contribution in [0.2, 0.25) is 5.02 Å². The van der Waals surface area contributed by atoms with Gasteiger partial charge in [0.05, 0.1) is 13.2 Å². The number of carbonyl (C=O) groups is 1. The van der Waals surface area contributed by atoms with E-state index in [0.29, 0.717) is 30.3 Å². The van der Waals surface area contributed by atoms with Crippen molar-refractivity contribution in [2.75, 3.05) is 20.3 Å². The summed E-state index contributed by atoms with van der Waals surface area (Å²) in [7, 11) is 1.61. The minimum atomic E-state index is -0.0715. The number of halogens is 1. The predicted octanol–water partition coefficient (Wildman–Crippen LogP) is 3.53. The fraction of sp³-hybridized carbons (Fsp3) is 0.312. The molecule has 21 heavy (non-hydrogen) atoms. The van der Waals surface area contributed by atoms with Crippen molar-refractivity contribution < 1.29 is 13.9 Å². The van der Waals surface area contributed by atoms with Gasteiger partial charge in [0.25, 0.3) is 5.91 Å². The van der Waals surface area contributed by atoms with Crippen molar-refractivity contribution in [1.29, 1.82) is 0 Å². The number of furan rings is 1. The smallest absolute Gasteiger partial charge is 0.254 e. The van der Waals surface area contributed by atoms with E-state index < -0.39 is 0 Å². The third kappa shape index (κ3) is 4.34. The van der Waals surface area contributed by atoms with Crippen molar-refractivity contribution in [3.8, 4) is 0 Å². The highest BCUT2D eigenvalue weighted by molar-refractivity contribution is 6.30. The number of ether oxygens (including phenoxy) is 1. The van der Waals surface area contributed by atoms with E-state index in [2.05, 4.69) is 0 Å². The maximum Gasteiger partial charge on any atom is 0.254 e. The summed E-state index contributed by atoms with van der Waals surface area (Å²) in [5.41, 5.74) is 0.596. The third-order valence-corrected chi connectivity index (χ3v) is 3.34. The van der Waals surface area contributed by atoms with Gasteiger partial charge in [0.1, 0.15) is 11.5 Å². The fourth-order valence-electron chi connectivity index (χ4n) is 1.99. The molecule has 0 saturated carbocycles. The Morgan fingerprint density at radius 2 is 1.95 bits per heavy atom. The Hall–Kier alpha value is -1.78. The maximum absolute atomic E-state index is 12.6. The molecule has 0 bridgehead atoms. The molecule has 0 aliphatic rings. The van der Waals surface area contributed by atoms with Gasteiger partial charge in [0.2, 0.25) is 0 Å². The zero-order valence-corrected chi connectivity index (χ0v) is 12.9. The molecule has 0 N–H and O–H groups in total. The summed E-state index contributed by atoms with van der Waals surface area (Å²) in [4.78, 5) is 14.3. The topological polar surface area (TPSA) is 42.7 Å². The van der Waals surface area contributed by atoms with Crippen LogP contribution in [-0.4, -0.2) is 31.1 Å². The highest BCUT2D eigenvalue weighted by atomic mass is 35.5. The summed E-state index contributed by atoms with van der Waals surface area (Å²) in [5, 5.41) is 0.608. The van der Waals surface area contributed by atoms with Crippen LogP contribution in [0.4, 0.5) is 0 Å². The lowest BCUT2D eigenvalue weighted by atomic mass is 10.2. The van der Waals surface area contributed by atoms with Crippen LogP contribution in [0.3, 0.4) is 0 Å². The summed E-state index contributed by atoms with van der Waals surface area (Å²) in [5.74, 6) is 1.51. The fourth-order valence-corrected chi connectivity index (χ4v) is 2.11. The van der Waals surface area contributed by atoms with Gasteiger partial charge in [-0.25, -0.2) is 0 Å². The number of amides is 1. The second-order valence-corrected chi connectivity index (χ2v) is 5.18. The van der Waals surface area contributed by atoms with E-state index in [1.54, 1.807) is 36.3 Å². The number of methoxy groups -OCH3 is 1. The van der Waals surface area contributed by atoms with Crippen LogP contribution < -0.4 is 0 Å². The molecule has 0 aliphatic heterocycles. The lowest BCUT2D eigenvalue weighted by Crippen LogP contribution is -2.33. The number of aryl methyl sites for hydroxylation is 1. The van der Waals surface area contributed by atoms with Gasteiger partial charge in [-0.3, -0.25) is 4.79 Å². The largest absolute Gasteiger partial charge is 0.464 e. The Morgan fingerprint density at radius 3 is 2.52 bits per heavy atom. The first-order valence-electron chi connectivity index (χ1n) is 6.69. The average Bonchev–Trinajstić information content (AvgIpc) is 2.89. The highest BCUT2D eigenvalue weighted by Gasteiger charge is 2.17. The monoisotopic (exact) mass is 307 g/mol. The van der Waals surface area contributed by atoms with E-state index in [9.17, 15) is 4.79 Å². The molecule has 1 aromatic heterocycles. The number of benzene rings is 1. The average molecular weight is 308 g/mol. The Balaban J connectivity index is 2.14. The van der Waals surface area contributed by atoms with Gasteiger partial charge in [0.15, 0.2) is 0 Å². The van der Waals surface area contributed by atoms with Crippen molar-refractivity contribution >= 4 is 17.5 Å². The van der Waals surface area contributed by atoms with E-state index in [1.807, 2.05) is 19.1 Å². The molecule has 0 unspecified atom stereocenters. The van der Waals surface area contributed by atoms with Crippen LogP contribution >= 0.6 is 11.6 Å². The van der Waals surface area contributed by atoms with Gasteiger partial charge in [0, 0.05) is 24.2 Å². The van der Waals surface area contributed by atoms with E-state index in [1.165, 1.54) is 0 Å². The zero-order chi connectivity index (χ0) is 15.2. The van der Waals surface area contributed by atoms with Gasteiger partial charge < -0.3 is 14.1 Å². The van der Waals surface area contributed by atoms with Crippen molar-refractivity contribution in [2.24, 2.45) is 0 Å². The maximum atomic E-state index is 12.6. The minimum absolute atomic E-state index is 0.0715. The summed E-state index contributed by atoms with van der Waals surface area (Å²) in [6.07, 6.45) is 0. The molecule has 1 heterocycles. The van der Waals surface area contributed by atoms with Crippen LogP contribution in [0.5, 0.6) is 0 Å². The molecule has 2 rings (SSSR count). The van der Waals surface area contributed by atoms with Gasteiger partial charge in [-0.2, -0.15) is 0 Å². The quantitative estimate of drug-likeness (QED) is 0.820. The van der Waals surface area contributed by atoms with Crippen molar-refractivity contribution in [3.05, 3.63) is 58.5 Å². The van der Waals surface area contributed by atoms with Crippen LogP contribution in [0.1, 0.15) is 21.9 Å². The van der Waals surface area contributed by atoms with Crippen molar-refractivity contribution in [1.82, 2.24) is 4.90 Å². The number of rotatable bonds is 6. The predicted molar refractivity (Wildman–Crippen MR) is 81.5 cm³/mol. The van der Waals surface area contributed by atoms with Crippen LogP contribution in [-0.2, 0) is 11.3 Å². The van der Waals surface area contributed by atoms with Gasteiger partial charge in [-0.15, -0.1) is 0 Å². The molecular weight excluding hydrogens is 290 g/mol. The second-order valence-electron chi connectivity index (χ2n) is 4.74. The van der Waals surface area contributed by atoms with E-state index >= 15 is 0 Å². The molecule has 1 aromatic carbocycles. The van der Waals surface area contributed by atoms with Crippen molar-refractivity contribution in [2.45, 2.75) is 13.5 Å². The Kier molecular flexibility index (Phi) is 5.42. The summed E-state index contributed by atoms with van der Waals surface area (Å²) < 4.78 is 10.6. The summed E-state index contributed by atoms with van der Waals surface area (Å²) in [6.45, 7) is 3.26. The molecule has 0 aliphatic carbocycles. The minimum Gasteiger partial charge on any atom is -0.464 e. The molecule has 0 spiro atoms. The van der Waals surface area contributed by atoms with Crippen molar-refractivity contribution in [3.63, 3.8) is 0 Å². The molecule has 0 atom stereocenters. The normalized spacial score (nSPS) is 10.6. The van der Waals surface area contributed by atoms with Gasteiger partial charge in [-0.05, 0) is 43.3 Å². The third-order valence-electron chi connectivity index (χ3n) is 3.09. The van der Waals surface area contributed by atoms with Crippen LogP contribution in [0, 0.1) is 6.92 Å². The summed E-state index contributed by atoms with van der Waals surface area (Å²) >= 11 is 5.85. The standard InChI is InChI=1S/C16H18ClNO3/c1-12-3-8-15(21-12)11-18(9-10-20-2)16(19)13-4-6-14(17)7-5-13/h3-8H,9-11H2,1-2H3. The first-order valence-corrected chi connectivity index (χ1v) is 7.07. The van der Waals surface area contributed by atoms with Gasteiger partial charge in [-0.1, -0.05) is 11.6 Å². The molecule has 112 valence electrons. The molecular formula is C16H18ClNO3. The Bertz CT molecular complexity index is 592. The molecule has 2 aromatic rings. The summed E-state index contributed by atoms with van der Waals surface area (Å²) in [6, 6.07) is 10.6. The molecule has 5 heteroatoms. The Labute approximate surface area is 129 Å². The first kappa shape index (κ1) is 15.6. The van der Waals surface area contributed by atoms with Crippen LogP contribution in [0.15, 0.2) is 40.8 Å².